The Morgan fingerprint density at radius 3 is 2.83 bits per heavy atom. The Bertz CT molecular complexity index is 1770. The number of nitrogens with zero attached hydrogens (tertiary/aromatic N) is 2. The lowest BCUT2D eigenvalue weighted by atomic mass is 9.97. The van der Waals surface area contributed by atoms with E-state index in [1.165, 1.54) is 18.4 Å². The van der Waals surface area contributed by atoms with Gasteiger partial charge in [0.15, 0.2) is 10.4 Å². The van der Waals surface area contributed by atoms with Crippen molar-refractivity contribution in [1.82, 2.24) is 4.57 Å². The molecular formula is C27H19ClN2O5S. The summed E-state index contributed by atoms with van der Waals surface area (Å²) in [5.41, 5.74) is -0.338. The van der Waals surface area contributed by atoms with E-state index in [0.29, 0.717) is 31.6 Å². The second kappa shape index (κ2) is 7.21. The third-order valence-corrected chi connectivity index (χ3v) is 8.68. The second-order valence-corrected chi connectivity index (χ2v) is 10.8. The summed E-state index contributed by atoms with van der Waals surface area (Å²) in [5.74, 6) is 0.850. The zero-order chi connectivity index (χ0) is 24.8. The number of benzene rings is 2. The van der Waals surface area contributed by atoms with Crippen LogP contribution in [0, 0.1) is 5.92 Å². The summed E-state index contributed by atoms with van der Waals surface area (Å²) < 4.78 is 19.7. The molecule has 0 N–H and O–H groups in total. The Hall–Kier alpha value is -3.62. The van der Waals surface area contributed by atoms with Crippen LogP contribution >= 0.6 is 22.9 Å². The number of thiazole rings is 1. The number of furan rings is 1. The van der Waals surface area contributed by atoms with Crippen LogP contribution in [-0.4, -0.2) is 28.8 Å². The molecule has 7 rings (SSSR count). The summed E-state index contributed by atoms with van der Waals surface area (Å²) in [4.78, 5) is 32.0. The van der Waals surface area contributed by atoms with Gasteiger partial charge in [0, 0.05) is 22.2 Å². The molecule has 2 aliphatic heterocycles. The first kappa shape index (κ1) is 21.6. The molecule has 1 fully saturated rings. The lowest BCUT2D eigenvalue weighted by Gasteiger charge is -2.26. The van der Waals surface area contributed by atoms with Crippen LogP contribution in [0.2, 0.25) is 5.02 Å². The van der Waals surface area contributed by atoms with Crippen molar-refractivity contribution >= 4 is 35.0 Å². The van der Waals surface area contributed by atoms with Crippen LogP contribution in [0.5, 0.6) is 5.75 Å². The molecule has 0 amide bonds. The van der Waals surface area contributed by atoms with Crippen molar-refractivity contribution in [2.75, 3.05) is 7.11 Å². The van der Waals surface area contributed by atoms with Crippen molar-refractivity contribution < 1.29 is 18.7 Å². The summed E-state index contributed by atoms with van der Waals surface area (Å²) in [6.07, 6.45) is 1.72. The van der Waals surface area contributed by atoms with Gasteiger partial charge in [-0.3, -0.25) is 14.2 Å². The predicted molar refractivity (Wildman–Crippen MR) is 134 cm³/mol. The fourth-order valence-corrected chi connectivity index (χ4v) is 7.09. The van der Waals surface area contributed by atoms with E-state index in [2.05, 4.69) is 0 Å². The molecule has 4 atom stereocenters. The summed E-state index contributed by atoms with van der Waals surface area (Å²) in [6.45, 7) is 1.90. The summed E-state index contributed by atoms with van der Waals surface area (Å²) in [7, 11) is 1.36. The molecular weight excluding hydrogens is 500 g/mol. The smallest absolute Gasteiger partial charge is 0.315 e. The maximum atomic E-state index is 13.8. The highest BCUT2D eigenvalue weighted by atomic mass is 35.5. The first-order valence-corrected chi connectivity index (χ1v) is 12.6. The summed E-state index contributed by atoms with van der Waals surface area (Å²) in [6, 6.07) is 18.2. The first-order valence-electron chi connectivity index (χ1n) is 11.4. The van der Waals surface area contributed by atoms with E-state index in [0.717, 1.165) is 11.1 Å². The van der Waals surface area contributed by atoms with Gasteiger partial charge in [-0.1, -0.05) is 53.3 Å². The van der Waals surface area contributed by atoms with Crippen LogP contribution in [0.15, 0.2) is 74.9 Å². The third kappa shape index (κ3) is 2.66. The number of hydrogen-bond acceptors (Lipinski definition) is 7. The monoisotopic (exact) mass is 518 g/mol. The van der Waals surface area contributed by atoms with E-state index in [1.807, 2.05) is 61.5 Å². The highest BCUT2D eigenvalue weighted by molar-refractivity contribution is 7.07. The molecule has 4 aromatic rings. The minimum Gasteiger partial charge on any atom is -0.481 e. The second-order valence-electron chi connectivity index (χ2n) is 9.33. The molecule has 1 saturated carbocycles. The number of halogens is 1. The Kier molecular flexibility index (Phi) is 4.34. The molecule has 36 heavy (non-hydrogen) atoms. The molecule has 1 aliphatic carbocycles. The Labute approximate surface area is 213 Å². The predicted octanol–water partition coefficient (Wildman–Crippen LogP) is 3.57. The standard InChI is InChI=1S/C27H19ClN2O5S/c1-26-21(24(32)33-2)27(26)22(17-8-3-4-9-19(17)35-27)30-23(31)20(36-25(30)29-26)13-16-10-11-18(34-16)14-6-5-7-15(28)12-14/h3-13,21-22H,1-2H3/b20-13-/t21-,22+,26+,27+/m0/s1. The van der Waals surface area contributed by atoms with E-state index in [1.54, 1.807) is 16.7 Å². The van der Waals surface area contributed by atoms with Gasteiger partial charge in [-0.25, -0.2) is 4.99 Å². The van der Waals surface area contributed by atoms with Gasteiger partial charge in [0.25, 0.3) is 5.56 Å². The minimum absolute atomic E-state index is 0.207. The molecule has 2 aromatic carbocycles. The number of carbonyl (C=O) groups is 1. The zero-order valence-corrected chi connectivity index (χ0v) is 20.8. The molecule has 7 nitrogen and oxygen atoms in total. The van der Waals surface area contributed by atoms with Crippen molar-refractivity contribution in [3.8, 4) is 17.1 Å². The number of fused-ring (bicyclic) bond motifs is 4. The maximum absolute atomic E-state index is 13.8. The number of esters is 1. The SMILES string of the molecule is COC(=O)[C@@H]1[C@@]23Oc4ccccc4[C@H]2n2c(s/c(=C\c4ccc(-c5cccc(Cl)c5)o4)c2=O)=N[C@]13C. The largest absolute Gasteiger partial charge is 0.481 e. The highest BCUT2D eigenvalue weighted by Crippen LogP contribution is 2.70. The first-order chi connectivity index (χ1) is 17.4. The molecule has 9 heteroatoms. The van der Waals surface area contributed by atoms with Gasteiger partial charge in [0.1, 0.15) is 34.8 Å². The molecule has 180 valence electrons. The van der Waals surface area contributed by atoms with E-state index in [-0.39, 0.29) is 5.56 Å². The van der Waals surface area contributed by atoms with Gasteiger partial charge < -0.3 is 13.9 Å². The average Bonchev–Trinajstić information content (AvgIpc) is 3.28. The minimum atomic E-state index is -0.997. The Balaban J connectivity index is 1.39. The molecule has 3 aliphatic rings. The van der Waals surface area contributed by atoms with Crippen LogP contribution in [0.25, 0.3) is 17.4 Å². The molecule has 4 heterocycles. The Morgan fingerprint density at radius 2 is 2.03 bits per heavy atom. The van der Waals surface area contributed by atoms with Crippen LogP contribution in [0.4, 0.5) is 0 Å². The molecule has 0 saturated heterocycles. The number of rotatable bonds is 3. The quantitative estimate of drug-likeness (QED) is 0.387. The lowest BCUT2D eigenvalue weighted by molar-refractivity contribution is -0.144. The van der Waals surface area contributed by atoms with Gasteiger partial charge in [-0.2, -0.15) is 0 Å². The number of aromatic nitrogens is 1. The number of methoxy groups -OCH3 is 1. The normalized spacial score (nSPS) is 27.2. The van der Waals surface area contributed by atoms with Gasteiger partial charge >= 0.3 is 5.97 Å². The topological polar surface area (TPSA) is 83.0 Å². The highest BCUT2D eigenvalue weighted by Gasteiger charge is 2.88. The fourth-order valence-electron chi connectivity index (χ4n) is 5.82. The lowest BCUT2D eigenvalue weighted by Crippen LogP contribution is -2.47. The van der Waals surface area contributed by atoms with Gasteiger partial charge in [-0.15, -0.1) is 0 Å². The Morgan fingerprint density at radius 1 is 1.19 bits per heavy atom. The van der Waals surface area contributed by atoms with E-state index in [4.69, 9.17) is 30.5 Å². The van der Waals surface area contributed by atoms with Crippen molar-refractivity contribution in [2.45, 2.75) is 24.1 Å². The van der Waals surface area contributed by atoms with Crippen LogP contribution in [0.3, 0.4) is 0 Å². The van der Waals surface area contributed by atoms with Gasteiger partial charge in [0.2, 0.25) is 0 Å². The van der Waals surface area contributed by atoms with Crippen molar-refractivity contribution in [3.05, 3.63) is 96.7 Å². The summed E-state index contributed by atoms with van der Waals surface area (Å²) in [5, 5.41) is 0.616. The number of para-hydroxylation sites is 1. The maximum Gasteiger partial charge on any atom is 0.315 e. The van der Waals surface area contributed by atoms with Gasteiger partial charge in [0.05, 0.1) is 11.6 Å². The van der Waals surface area contributed by atoms with E-state index >= 15 is 0 Å². The van der Waals surface area contributed by atoms with E-state index < -0.39 is 29.1 Å². The van der Waals surface area contributed by atoms with Crippen molar-refractivity contribution in [2.24, 2.45) is 10.9 Å². The van der Waals surface area contributed by atoms with Crippen molar-refractivity contribution in [3.63, 3.8) is 0 Å². The molecule has 1 spiro atoms. The number of hydrogen-bond donors (Lipinski definition) is 0. The van der Waals surface area contributed by atoms with Gasteiger partial charge in [-0.05, 0) is 37.3 Å². The number of ether oxygens (including phenoxy) is 2. The van der Waals surface area contributed by atoms with Crippen molar-refractivity contribution in [1.29, 1.82) is 0 Å². The van der Waals surface area contributed by atoms with Crippen LogP contribution in [-0.2, 0) is 9.53 Å². The average molecular weight is 519 g/mol. The van der Waals surface area contributed by atoms with Crippen LogP contribution < -0.4 is 19.6 Å². The van der Waals surface area contributed by atoms with E-state index in [9.17, 15) is 9.59 Å². The van der Waals surface area contributed by atoms with Crippen LogP contribution in [0.1, 0.15) is 24.3 Å². The number of carbonyl (C=O) groups excluding carboxylic acids is 1. The fraction of sp³-hybridized carbons (Fsp3) is 0.222. The summed E-state index contributed by atoms with van der Waals surface area (Å²) >= 11 is 7.39. The molecule has 0 bridgehead atoms. The molecule has 2 aromatic heterocycles. The third-order valence-electron chi connectivity index (χ3n) is 7.47. The molecule has 0 radical (unpaired) electrons. The molecule has 0 unspecified atom stereocenters. The zero-order valence-electron chi connectivity index (χ0n) is 19.2.